The zero-order valence-electron chi connectivity index (χ0n) is 8.68. The van der Waals surface area contributed by atoms with Gasteiger partial charge in [-0.25, -0.2) is 0 Å². The molecule has 0 aromatic rings. The van der Waals surface area contributed by atoms with Crippen molar-refractivity contribution < 1.29 is 4.74 Å². The van der Waals surface area contributed by atoms with E-state index in [0.29, 0.717) is 6.10 Å². The summed E-state index contributed by atoms with van der Waals surface area (Å²) in [6, 6.07) is 0. The topological polar surface area (TPSA) is 9.23 Å². The second-order valence-electron chi connectivity index (χ2n) is 3.81. The maximum absolute atomic E-state index is 5.65. The highest BCUT2D eigenvalue weighted by Gasteiger charge is 2.20. The molecule has 74 valence electrons. The van der Waals surface area contributed by atoms with Crippen molar-refractivity contribution in [1.29, 1.82) is 0 Å². The van der Waals surface area contributed by atoms with Crippen molar-refractivity contribution in [3.8, 4) is 11.8 Å². The summed E-state index contributed by atoms with van der Waals surface area (Å²) in [4.78, 5) is 0. The molecule has 0 aromatic heterocycles. The van der Waals surface area contributed by atoms with Gasteiger partial charge in [0.15, 0.2) is 0 Å². The first-order chi connectivity index (χ1) is 6.90. The summed E-state index contributed by atoms with van der Waals surface area (Å²) in [5, 5.41) is 0. The van der Waals surface area contributed by atoms with Gasteiger partial charge in [-0.2, -0.15) is 0 Å². The van der Waals surface area contributed by atoms with E-state index >= 15 is 0 Å². The van der Waals surface area contributed by atoms with Gasteiger partial charge in [0.1, 0.15) is 0 Å². The van der Waals surface area contributed by atoms with Crippen LogP contribution in [0.4, 0.5) is 0 Å². The molecule has 0 N–H and O–H groups in total. The van der Waals surface area contributed by atoms with Crippen LogP contribution < -0.4 is 0 Å². The first kappa shape index (κ1) is 9.55. The second kappa shape index (κ2) is 4.48. The Bertz CT molecular complexity index is 319. The van der Waals surface area contributed by atoms with Crippen molar-refractivity contribution in [3.05, 3.63) is 23.3 Å². The highest BCUT2D eigenvalue weighted by Crippen LogP contribution is 2.27. The molecule has 1 heterocycles. The van der Waals surface area contributed by atoms with Crippen LogP contribution >= 0.6 is 0 Å². The minimum atomic E-state index is 0.405. The van der Waals surface area contributed by atoms with Crippen molar-refractivity contribution in [1.82, 2.24) is 0 Å². The van der Waals surface area contributed by atoms with E-state index in [1.807, 2.05) is 6.92 Å². The molecular weight excluding hydrogens is 172 g/mol. The van der Waals surface area contributed by atoms with Crippen molar-refractivity contribution >= 4 is 0 Å². The minimum Gasteiger partial charge on any atom is -0.374 e. The summed E-state index contributed by atoms with van der Waals surface area (Å²) in [6.07, 6.45) is 9.40. The lowest BCUT2D eigenvalue weighted by molar-refractivity contribution is 0.134. The van der Waals surface area contributed by atoms with E-state index in [0.717, 1.165) is 19.4 Å². The lowest BCUT2D eigenvalue weighted by Gasteiger charge is -2.17. The third kappa shape index (κ3) is 2.08. The molecule has 0 radical (unpaired) electrons. The van der Waals surface area contributed by atoms with E-state index in [4.69, 9.17) is 4.74 Å². The molecule has 1 aliphatic carbocycles. The molecule has 0 spiro atoms. The fourth-order valence-corrected chi connectivity index (χ4v) is 2.06. The predicted molar refractivity (Wildman–Crippen MR) is 57.8 cm³/mol. The third-order valence-electron chi connectivity index (χ3n) is 2.81. The largest absolute Gasteiger partial charge is 0.374 e. The van der Waals surface area contributed by atoms with E-state index in [1.165, 1.54) is 24.0 Å². The number of rotatable bonds is 1. The predicted octanol–water partition coefficient (Wildman–Crippen LogP) is 2.84. The zero-order chi connectivity index (χ0) is 9.80. The molecule has 1 nitrogen and oxygen atoms in total. The molecule has 2 aliphatic rings. The van der Waals surface area contributed by atoms with Gasteiger partial charge in [-0.15, -0.1) is 5.92 Å². The Hall–Kier alpha value is -1.00. The van der Waals surface area contributed by atoms with Gasteiger partial charge in [-0.3, -0.25) is 0 Å². The minimum absolute atomic E-state index is 0.405. The number of allylic oxidation sites excluding steroid dienone is 3. The van der Waals surface area contributed by atoms with Crippen LogP contribution in [0.2, 0.25) is 0 Å². The van der Waals surface area contributed by atoms with Gasteiger partial charge in [0.05, 0.1) is 6.10 Å². The Morgan fingerprint density at radius 3 is 2.86 bits per heavy atom. The first-order valence-electron chi connectivity index (χ1n) is 5.34. The van der Waals surface area contributed by atoms with Gasteiger partial charge in [0.25, 0.3) is 0 Å². The number of hydrogen-bond donors (Lipinski definition) is 0. The number of hydrogen-bond acceptors (Lipinski definition) is 1. The van der Waals surface area contributed by atoms with E-state index < -0.39 is 0 Å². The summed E-state index contributed by atoms with van der Waals surface area (Å²) in [5.74, 6) is 6.06. The Balaban J connectivity index is 2.04. The lowest BCUT2D eigenvalue weighted by atomic mass is 9.94. The number of ether oxygens (including phenoxy) is 1. The summed E-state index contributed by atoms with van der Waals surface area (Å²) < 4.78 is 5.65. The van der Waals surface area contributed by atoms with Gasteiger partial charge < -0.3 is 4.74 Å². The van der Waals surface area contributed by atoms with Gasteiger partial charge in [0, 0.05) is 12.2 Å². The van der Waals surface area contributed by atoms with Gasteiger partial charge in [-0.05, 0) is 38.2 Å². The quantitative estimate of drug-likeness (QED) is 0.575. The molecule has 0 bridgehead atoms. The molecule has 1 atom stereocenters. The molecule has 0 aromatic carbocycles. The fourth-order valence-electron chi connectivity index (χ4n) is 2.06. The van der Waals surface area contributed by atoms with Gasteiger partial charge >= 0.3 is 0 Å². The second-order valence-corrected chi connectivity index (χ2v) is 3.81. The third-order valence-corrected chi connectivity index (χ3v) is 2.81. The summed E-state index contributed by atoms with van der Waals surface area (Å²) in [6.45, 7) is 2.83. The summed E-state index contributed by atoms with van der Waals surface area (Å²) in [5.41, 5.74) is 2.72. The highest BCUT2D eigenvalue weighted by molar-refractivity contribution is 5.37. The molecule has 1 saturated heterocycles. The molecule has 2 rings (SSSR count). The monoisotopic (exact) mass is 188 g/mol. The molecule has 0 saturated carbocycles. The standard InChI is InChI=1S/C13H16O/c1-2-4-11-6-8-12(9-7-11)13-5-3-10-14-13/h6,8,13H,3,5,7,9-10H2,1H3/t13-/m1/s1. The molecule has 1 aliphatic heterocycles. The fraction of sp³-hybridized carbons (Fsp3) is 0.538. The van der Waals surface area contributed by atoms with Crippen LogP contribution in [-0.2, 0) is 4.74 Å². The molecule has 14 heavy (non-hydrogen) atoms. The first-order valence-corrected chi connectivity index (χ1v) is 5.34. The maximum atomic E-state index is 5.65. The molecule has 1 fully saturated rings. The van der Waals surface area contributed by atoms with Crippen LogP contribution in [0.25, 0.3) is 0 Å². The average molecular weight is 188 g/mol. The Morgan fingerprint density at radius 2 is 2.29 bits per heavy atom. The van der Waals surface area contributed by atoms with Gasteiger partial charge in [0.2, 0.25) is 0 Å². The average Bonchev–Trinajstić information content (AvgIpc) is 2.72. The van der Waals surface area contributed by atoms with E-state index in [2.05, 4.69) is 24.0 Å². The van der Waals surface area contributed by atoms with Crippen LogP contribution in [0, 0.1) is 11.8 Å². The summed E-state index contributed by atoms with van der Waals surface area (Å²) >= 11 is 0. The smallest absolute Gasteiger partial charge is 0.0789 e. The van der Waals surface area contributed by atoms with Crippen LogP contribution in [0.15, 0.2) is 23.3 Å². The highest BCUT2D eigenvalue weighted by atomic mass is 16.5. The zero-order valence-corrected chi connectivity index (χ0v) is 8.68. The molecular formula is C13H16O. The van der Waals surface area contributed by atoms with Crippen molar-refractivity contribution in [2.24, 2.45) is 0 Å². The Kier molecular flexibility index (Phi) is 3.06. The lowest BCUT2D eigenvalue weighted by Crippen LogP contribution is -2.10. The maximum Gasteiger partial charge on any atom is 0.0789 e. The van der Waals surface area contributed by atoms with Crippen LogP contribution in [-0.4, -0.2) is 12.7 Å². The van der Waals surface area contributed by atoms with E-state index in [1.54, 1.807) is 0 Å². The van der Waals surface area contributed by atoms with Crippen molar-refractivity contribution in [2.75, 3.05) is 6.61 Å². The van der Waals surface area contributed by atoms with E-state index in [9.17, 15) is 0 Å². The summed E-state index contributed by atoms with van der Waals surface area (Å²) in [7, 11) is 0. The van der Waals surface area contributed by atoms with Crippen LogP contribution in [0.5, 0.6) is 0 Å². The Labute approximate surface area is 85.8 Å². The van der Waals surface area contributed by atoms with Crippen molar-refractivity contribution in [2.45, 2.75) is 38.7 Å². The van der Waals surface area contributed by atoms with Gasteiger partial charge in [-0.1, -0.05) is 18.1 Å². The molecule has 0 unspecified atom stereocenters. The molecule has 1 heteroatoms. The normalized spacial score (nSPS) is 26.2. The van der Waals surface area contributed by atoms with Crippen LogP contribution in [0.3, 0.4) is 0 Å². The SMILES string of the molecule is CC#CC1=CC=C([C@H]2CCCO2)CC1. The van der Waals surface area contributed by atoms with Crippen LogP contribution in [0.1, 0.15) is 32.6 Å². The van der Waals surface area contributed by atoms with Crippen molar-refractivity contribution in [3.63, 3.8) is 0 Å². The van der Waals surface area contributed by atoms with E-state index in [-0.39, 0.29) is 0 Å². The molecule has 0 amide bonds. The Morgan fingerprint density at radius 1 is 1.36 bits per heavy atom.